The van der Waals surface area contributed by atoms with Crippen LogP contribution >= 0.6 is 0 Å². The summed E-state index contributed by atoms with van der Waals surface area (Å²) >= 11 is 0. The van der Waals surface area contributed by atoms with E-state index in [1.165, 1.54) is 0 Å². The fourth-order valence-electron chi connectivity index (χ4n) is 2.15. The van der Waals surface area contributed by atoms with Gasteiger partial charge >= 0.3 is 0 Å². The predicted molar refractivity (Wildman–Crippen MR) is 81.7 cm³/mol. The maximum absolute atomic E-state index is 11.9. The van der Waals surface area contributed by atoms with Crippen LogP contribution in [0.25, 0.3) is 10.9 Å². The van der Waals surface area contributed by atoms with Crippen LogP contribution in [0, 0.1) is 5.92 Å². The molecule has 3 N–H and O–H groups in total. The summed E-state index contributed by atoms with van der Waals surface area (Å²) in [6.45, 7) is 5.05. The van der Waals surface area contributed by atoms with Crippen LogP contribution in [0.5, 0.6) is 0 Å². The summed E-state index contributed by atoms with van der Waals surface area (Å²) in [5.41, 5.74) is 1.47. The lowest BCUT2D eigenvalue weighted by Crippen LogP contribution is -2.32. The summed E-state index contributed by atoms with van der Waals surface area (Å²) in [5, 5.41) is 14.1. The molecule has 1 aromatic heterocycles. The number of aromatic amines is 1. The standard InChI is InChI=1S/C16H22N2O2/c1-3-11(2)15(19)10-17-9-13-8-12-6-4-5-7-14(12)18-16(13)20/h4-8,11,15,17,19H,3,9-10H2,1-2H3,(H,18,20). The molecule has 2 rings (SSSR count). The van der Waals surface area contributed by atoms with Gasteiger partial charge in [-0.3, -0.25) is 4.79 Å². The number of fused-ring (bicyclic) bond motifs is 1. The molecule has 4 nitrogen and oxygen atoms in total. The summed E-state index contributed by atoms with van der Waals surface area (Å²) in [5.74, 6) is 0.261. The monoisotopic (exact) mass is 274 g/mol. The Labute approximate surface area is 118 Å². The number of rotatable bonds is 6. The third kappa shape index (κ3) is 3.46. The smallest absolute Gasteiger partial charge is 0.252 e. The quantitative estimate of drug-likeness (QED) is 0.755. The number of para-hydroxylation sites is 1. The summed E-state index contributed by atoms with van der Waals surface area (Å²) in [7, 11) is 0. The molecule has 20 heavy (non-hydrogen) atoms. The van der Waals surface area contributed by atoms with E-state index in [4.69, 9.17) is 0 Å². The Morgan fingerprint density at radius 1 is 1.35 bits per heavy atom. The molecular weight excluding hydrogens is 252 g/mol. The minimum atomic E-state index is -0.375. The fraction of sp³-hybridized carbons (Fsp3) is 0.438. The highest BCUT2D eigenvalue weighted by Crippen LogP contribution is 2.10. The van der Waals surface area contributed by atoms with E-state index in [0.717, 1.165) is 17.3 Å². The molecule has 0 aliphatic heterocycles. The average molecular weight is 274 g/mol. The number of hydrogen-bond acceptors (Lipinski definition) is 3. The molecule has 108 valence electrons. The van der Waals surface area contributed by atoms with Crippen molar-refractivity contribution in [2.75, 3.05) is 6.54 Å². The Hall–Kier alpha value is -1.65. The van der Waals surface area contributed by atoms with Crippen molar-refractivity contribution < 1.29 is 5.11 Å². The molecule has 2 atom stereocenters. The van der Waals surface area contributed by atoms with Crippen molar-refractivity contribution in [2.24, 2.45) is 5.92 Å². The van der Waals surface area contributed by atoms with E-state index in [9.17, 15) is 9.90 Å². The summed E-state index contributed by atoms with van der Waals surface area (Å²) < 4.78 is 0. The highest BCUT2D eigenvalue weighted by atomic mass is 16.3. The van der Waals surface area contributed by atoms with E-state index in [-0.39, 0.29) is 17.6 Å². The van der Waals surface area contributed by atoms with Crippen molar-refractivity contribution in [3.63, 3.8) is 0 Å². The van der Waals surface area contributed by atoms with Gasteiger partial charge in [0.2, 0.25) is 0 Å². The maximum Gasteiger partial charge on any atom is 0.252 e. The number of hydrogen-bond donors (Lipinski definition) is 3. The first-order valence-electron chi connectivity index (χ1n) is 7.11. The van der Waals surface area contributed by atoms with E-state index in [2.05, 4.69) is 17.2 Å². The van der Waals surface area contributed by atoms with Crippen LogP contribution in [0.4, 0.5) is 0 Å². The molecule has 2 unspecified atom stereocenters. The predicted octanol–water partition coefficient (Wildman–Crippen LogP) is 2.02. The van der Waals surface area contributed by atoms with Gasteiger partial charge in [-0.2, -0.15) is 0 Å². The van der Waals surface area contributed by atoms with Crippen molar-refractivity contribution in [2.45, 2.75) is 32.9 Å². The average Bonchev–Trinajstić information content (AvgIpc) is 2.46. The number of H-pyrrole nitrogens is 1. The Bertz CT molecular complexity index is 621. The van der Waals surface area contributed by atoms with Gasteiger partial charge in [0.15, 0.2) is 0 Å². The lowest BCUT2D eigenvalue weighted by Gasteiger charge is -2.17. The third-order valence-corrected chi connectivity index (χ3v) is 3.80. The third-order valence-electron chi connectivity index (χ3n) is 3.80. The van der Waals surface area contributed by atoms with Gasteiger partial charge in [0.25, 0.3) is 5.56 Å². The van der Waals surface area contributed by atoms with Crippen LogP contribution in [0.15, 0.2) is 35.1 Å². The minimum absolute atomic E-state index is 0.0748. The molecule has 0 saturated carbocycles. The normalized spacial score (nSPS) is 14.3. The molecule has 0 aliphatic rings. The molecule has 4 heteroatoms. The van der Waals surface area contributed by atoms with E-state index < -0.39 is 0 Å². The number of aliphatic hydroxyl groups excluding tert-OH is 1. The van der Waals surface area contributed by atoms with Crippen LogP contribution in [0.2, 0.25) is 0 Å². The molecule has 0 amide bonds. The Kier molecular flexibility index (Phi) is 4.93. The second-order valence-corrected chi connectivity index (χ2v) is 5.29. The van der Waals surface area contributed by atoms with Crippen LogP contribution in [0.1, 0.15) is 25.8 Å². The molecule has 0 saturated heterocycles. The molecule has 0 fully saturated rings. The highest BCUT2D eigenvalue weighted by molar-refractivity contribution is 5.78. The topological polar surface area (TPSA) is 65.1 Å². The van der Waals surface area contributed by atoms with Gasteiger partial charge in [-0.05, 0) is 23.4 Å². The molecule has 2 aromatic rings. The molecular formula is C16H22N2O2. The summed E-state index contributed by atoms with van der Waals surface area (Å²) in [6.07, 6.45) is 0.568. The second-order valence-electron chi connectivity index (χ2n) is 5.29. The fourth-order valence-corrected chi connectivity index (χ4v) is 2.15. The van der Waals surface area contributed by atoms with Crippen molar-refractivity contribution in [1.82, 2.24) is 10.3 Å². The molecule has 1 heterocycles. The van der Waals surface area contributed by atoms with Crippen LogP contribution in [-0.2, 0) is 6.54 Å². The molecule has 0 bridgehead atoms. The van der Waals surface area contributed by atoms with E-state index in [0.29, 0.717) is 18.7 Å². The Balaban J connectivity index is 2.03. The number of benzene rings is 1. The molecule has 0 radical (unpaired) electrons. The van der Waals surface area contributed by atoms with Gasteiger partial charge in [0, 0.05) is 24.2 Å². The zero-order chi connectivity index (χ0) is 14.5. The van der Waals surface area contributed by atoms with Crippen LogP contribution in [0.3, 0.4) is 0 Å². The SMILES string of the molecule is CCC(C)C(O)CNCc1cc2ccccc2[nH]c1=O. The van der Waals surface area contributed by atoms with E-state index in [1.807, 2.05) is 37.3 Å². The first-order valence-corrected chi connectivity index (χ1v) is 7.11. The molecule has 1 aromatic carbocycles. The van der Waals surface area contributed by atoms with Gasteiger partial charge in [-0.25, -0.2) is 0 Å². The van der Waals surface area contributed by atoms with E-state index in [1.54, 1.807) is 0 Å². The maximum atomic E-state index is 11.9. The number of aromatic nitrogens is 1. The lowest BCUT2D eigenvalue weighted by molar-refractivity contribution is 0.113. The minimum Gasteiger partial charge on any atom is -0.392 e. The van der Waals surface area contributed by atoms with Crippen LogP contribution in [-0.4, -0.2) is 22.7 Å². The van der Waals surface area contributed by atoms with Crippen molar-refractivity contribution in [1.29, 1.82) is 0 Å². The number of nitrogens with one attached hydrogen (secondary N) is 2. The molecule has 0 spiro atoms. The van der Waals surface area contributed by atoms with Crippen molar-refractivity contribution in [3.8, 4) is 0 Å². The van der Waals surface area contributed by atoms with Gasteiger partial charge in [0.05, 0.1) is 6.10 Å². The van der Waals surface area contributed by atoms with Gasteiger partial charge < -0.3 is 15.4 Å². The Morgan fingerprint density at radius 2 is 2.10 bits per heavy atom. The number of aliphatic hydroxyl groups is 1. The van der Waals surface area contributed by atoms with Crippen LogP contribution < -0.4 is 10.9 Å². The largest absolute Gasteiger partial charge is 0.392 e. The zero-order valence-electron chi connectivity index (χ0n) is 12.0. The van der Waals surface area contributed by atoms with Gasteiger partial charge in [0.1, 0.15) is 0 Å². The first-order chi connectivity index (χ1) is 9.61. The second kappa shape index (κ2) is 6.68. The number of pyridine rings is 1. The molecule has 0 aliphatic carbocycles. The highest BCUT2D eigenvalue weighted by Gasteiger charge is 2.11. The van der Waals surface area contributed by atoms with Crippen molar-refractivity contribution >= 4 is 10.9 Å². The summed E-state index contributed by atoms with van der Waals surface area (Å²) in [6, 6.07) is 9.61. The summed E-state index contributed by atoms with van der Waals surface area (Å²) in [4.78, 5) is 14.8. The lowest BCUT2D eigenvalue weighted by atomic mass is 10.0. The first kappa shape index (κ1) is 14.8. The van der Waals surface area contributed by atoms with Gasteiger partial charge in [-0.15, -0.1) is 0 Å². The van der Waals surface area contributed by atoms with E-state index >= 15 is 0 Å². The zero-order valence-corrected chi connectivity index (χ0v) is 12.0. The Morgan fingerprint density at radius 3 is 2.85 bits per heavy atom. The van der Waals surface area contributed by atoms with Crippen molar-refractivity contribution in [3.05, 3.63) is 46.2 Å². The van der Waals surface area contributed by atoms with Gasteiger partial charge in [-0.1, -0.05) is 38.5 Å².